The van der Waals surface area contributed by atoms with Gasteiger partial charge >= 0.3 is 0 Å². The number of nitrogens with one attached hydrogen (secondary N) is 3. The number of hydrogen-bond acceptors (Lipinski definition) is 15. The highest BCUT2D eigenvalue weighted by Crippen LogP contribution is 2.31. The Bertz CT molecular complexity index is 2150. The molecule has 3 fully saturated rings. The maximum absolute atomic E-state index is 12.4. The molecule has 2 unspecified atom stereocenters. The minimum Gasteiger partial charge on any atom is -0.507 e. The van der Waals surface area contributed by atoms with Crippen LogP contribution in [0, 0.1) is 6.92 Å². The van der Waals surface area contributed by atoms with Crippen LogP contribution < -0.4 is 32.2 Å². The van der Waals surface area contributed by atoms with Crippen LogP contribution in [0.4, 0.5) is 0 Å². The maximum atomic E-state index is 12.4. The molecule has 6 heterocycles. The zero-order valence-electron chi connectivity index (χ0n) is 38.7. The number of carbonyl (C=O) groups excluding carboxylic acids is 2. The first-order chi connectivity index (χ1) is 31.5. The Labute approximate surface area is 388 Å². The number of nitrogens with zero attached hydrogens (tertiary/aromatic N) is 5. The summed E-state index contributed by atoms with van der Waals surface area (Å²) in [6.45, 7) is 17.8. The van der Waals surface area contributed by atoms with Gasteiger partial charge in [-0.25, -0.2) is 4.98 Å². The van der Waals surface area contributed by atoms with E-state index in [0.717, 1.165) is 75.5 Å². The Kier molecular flexibility index (Phi) is 19.5. The van der Waals surface area contributed by atoms with Crippen molar-refractivity contribution >= 4 is 29.4 Å². The van der Waals surface area contributed by atoms with Gasteiger partial charge in [-0.1, -0.05) is 70.5 Å². The van der Waals surface area contributed by atoms with Gasteiger partial charge in [-0.3, -0.25) is 19.4 Å². The average Bonchev–Trinajstić information content (AvgIpc) is 4.16. The van der Waals surface area contributed by atoms with E-state index < -0.39 is 6.10 Å². The number of likely N-dealkylation sites (tertiary alicyclic amines) is 3. The minimum atomic E-state index is -0.438. The van der Waals surface area contributed by atoms with Crippen LogP contribution >= 0.6 is 11.3 Å². The number of thiazole rings is 1. The van der Waals surface area contributed by atoms with E-state index in [0.29, 0.717) is 73.8 Å². The van der Waals surface area contributed by atoms with Crippen LogP contribution in [0.3, 0.4) is 0 Å². The second-order valence-electron chi connectivity index (χ2n) is 16.6. The second-order valence-corrected chi connectivity index (χ2v) is 17.4. The van der Waals surface area contributed by atoms with Crippen LogP contribution in [0.5, 0.6) is 11.6 Å². The van der Waals surface area contributed by atoms with Crippen LogP contribution in [0.25, 0.3) is 16.1 Å². The highest BCUT2D eigenvalue weighted by molar-refractivity contribution is 7.13. The number of benzene rings is 2. The topological polar surface area (TPSA) is 221 Å². The summed E-state index contributed by atoms with van der Waals surface area (Å²) >= 11 is 1.64. The standard InChI is InChI=1S/C31H44N8O5.C12H12N2OS.C3H8.C2H6/c32-25(24-3-1-2-4-27(24)41)17-26-30(33)34-20-31(35-26)7-11-38(12-8-31)21-5-9-37(18-21)13-14-43-28-15-23(44-36-28)16-29(42)39-10-6-22(40)19-39;1-9-12(16-8-14-9)11-4-2-10(3-5-11)6-13-7-15;1-3-2;1-2/h1-4,15,17,21-22,34-35,40-41H,5-14,16,18-20,32-33H2;2-5,7-8H,6H2,1H3,(H,13,15);3H2,1-2H3;1-2H3/b25-17-;;;. The lowest BCUT2D eigenvalue weighted by Gasteiger charge is -2.47. The van der Waals surface area contributed by atoms with E-state index in [9.17, 15) is 19.8 Å². The summed E-state index contributed by atoms with van der Waals surface area (Å²) in [6.07, 6.45) is 7.15. The summed E-state index contributed by atoms with van der Waals surface area (Å²) in [7, 11) is 0. The summed E-state index contributed by atoms with van der Waals surface area (Å²) in [5, 5.41) is 33.5. The number of nitrogens with two attached hydrogens (primary N) is 2. The molecule has 0 aliphatic carbocycles. The van der Waals surface area contributed by atoms with Crippen LogP contribution in [-0.2, 0) is 22.6 Å². The summed E-state index contributed by atoms with van der Waals surface area (Å²) in [4.78, 5) is 34.6. The number of aliphatic hydroxyl groups excluding tert-OH is 1. The molecule has 354 valence electrons. The minimum absolute atomic E-state index is 0.0710. The third-order valence-electron chi connectivity index (χ3n) is 11.7. The Morgan fingerprint density at radius 2 is 1.82 bits per heavy atom. The quantitative estimate of drug-likeness (QED) is 0.0885. The number of piperidine rings is 1. The number of amides is 2. The number of phenols is 1. The molecular formula is C48H70N10O6S. The fourth-order valence-electron chi connectivity index (χ4n) is 8.22. The van der Waals surface area contributed by atoms with Gasteiger partial charge in [0.15, 0.2) is 0 Å². The first-order valence-corrected chi connectivity index (χ1v) is 23.8. The smallest absolute Gasteiger partial charge is 0.254 e. The zero-order chi connectivity index (χ0) is 46.8. The second kappa shape index (κ2) is 25.2. The first kappa shape index (κ1) is 50.4. The van der Waals surface area contributed by atoms with Crippen molar-refractivity contribution in [2.24, 2.45) is 11.5 Å². The molecule has 2 atom stereocenters. The number of allylic oxidation sites excluding steroid dienone is 1. The van der Waals surface area contributed by atoms with Crippen molar-refractivity contribution < 1.29 is 29.1 Å². The Balaban J connectivity index is 0.000000314. The van der Waals surface area contributed by atoms with E-state index in [4.69, 9.17) is 20.7 Å². The predicted octanol–water partition coefficient (Wildman–Crippen LogP) is 4.93. The van der Waals surface area contributed by atoms with Gasteiger partial charge in [-0.15, -0.1) is 11.3 Å². The Morgan fingerprint density at radius 3 is 2.48 bits per heavy atom. The number of rotatable bonds is 13. The molecule has 0 bridgehead atoms. The third kappa shape index (κ3) is 14.4. The van der Waals surface area contributed by atoms with E-state index in [1.54, 1.807) is 40.5 Å². The van der Waals surface area contributed by atoms with Gasteiger partial charge in [0, 0.05) is 75.7 Å². The molecule has 1 spiro atoms. The highest BCUT2D eigenvalue weighted by Gasteiger charge is 2.40. The molecular weight excluding hydrogens is 845 g/mol. The zero-order valence-corrected chi connectivity index (χ0v) is 39.5. The summed E-state index contributed by atoms with van der Waals surface area (Å²) in [6, 6.07) is 17.4. The number of β-amino-alcohol motifs (C(OH)–C–C–N with tert-alkyl or cyclic N) is 1. The van der Waals surface area contributed by atoms with Gasteiger partial charge in [-0.2, -0.15) is 0 Å². The van der Waals surface area contributed by atoms with Gasteiger partial charge in [0.25, 0.3) is 5.88 Å². The van der Waals surface area contributed by atoms with E-state index in [2.05, 4.69) is 61.9 Å². The fourth-order valence-corrected chi connectivity index (χ4v) is 9.03. The number of ether oxygens (including phenoxy) is 1. The van der Waals surface area contributed by atoms with E-state index in [1.807, 2.05) is 50.6 Å². The fraction of sp³-hybridized carbons (Fsp3) is 0.500. The van der Waals surface area contributed by atoms with Crippen LogP contribution in [-0.4, -0.2) is 124 Å². The molecule has 9 N–H and O–H groups in total. The van der Waals surface area contributed by atoms with E-state index in [-0.39, 0.29) is 23.6 Å². The highest BCUT2D eigenvalue weighted by atomic mass is 32.1. The van der Waals surface area contributed by atoms with Gasteiger partial charge in [0.05, 0.1) is 39.8 Å². The summed E-state index contributed by atoms with van der Waals surface area (Å²) < 4.78 is 11.1. The van der Waals surface area contributed by atoms with E-state index >= 15 is 0 Å². The lowest BCUT2D eigenvalue weighted by atomic mass is 9.85. The number of aryl methyl sites for hydroxylation is 1. The Hall–Kier alpha value is -5.62. The van der Waals surface area contributed by atoms with Crippen molar-refractivity contribution in [2.75, 3.05) is 59.0 Å². The molecule has 0 radical (unpaired) electrons. The maximum Gasteiger partial charge on any atom is 0.254 e. The molecule has 65 heavy (non-hydrogen) atoms. The first-order valence-electron chi connectivity index (χ1n) is 22.9. The molecule has 4 aromatic rings. The predicted molar refractivity (Wildman–Crippen MR) is 256 cm³/mol. The molecule has 3 saturated heterocycles. The van der Waals surface area contributed by atoms with Crippen LogP contribution in [0.1, 0.15) is 82.4 Å². The van der Waals surface area contributed by atoms with Gasteiger partial charge in [0.2, 0.25) is 12.3 Å². The van der Waals surface area contributed by atoms with Crippen molar-refractivity contribution in [3.8, 4) is 22.1 Å². The largest absolute Gasteiger partial charge is 0.507 e. The number of para-hydroxylation sites is 1. The normalized spacial score (nSPS) is 19.4. The van der Waals surface area contributed by atoms with Crippen LogP contribution in [0.15, 0.2) is 82.2 Å². The molecule has 16 nitrogen and oxygen atoms in total. The molecule has 2 amide bonds. The van der Waals surface area contributed by atoms with Crippen molar-refractivity contribution in [3.05, 3.63) is 100 Å². The van der Waals surface area contributed by atoms with Crippen molar-refractivity contribution in [2.45, 2.75) is 97.4 Å². The number of phenolic OH excluding ortho intramolecular Hbond substituents is 1. The molecule has 0 saturated carbocycles. The number of carbonyl (C=O) groups is 2. The molecule has 2 aromatic carbocycles. The SMILES string of the molecule is CC.CCC.Cc1ncsc1-c1ccc(CNC=O)cc1.NC1=C(/C=C(\N)c2ccccc2O)NC2(CCN(C3CCN(CCOc4cc(CC(=O)N5CCC(O)C5)on4)C3)CC2)CN1. The van der Waals surface area contributed by atoms with Crippen molar-refractivity contribution in [3.63, 3.8) is 0 Å². The summed E-state index contributed by atoms with van der Waals surface area (Å²) in [5.74, 6) is 1.49. The van der Waals surface area contributed by atoms with Gasteiger partial charge in [-0.05, 0) is 73.6 Å². The monoisotopic (exact) mass is 915 g/mol. The number of aromatic nitrogens is 2. The molecule has 4 aliphatic rings. The van der Waals surface area contributed by atoms with Gasteiger partial charge < -0.3 is 51.8 Å². The lowest BCUT2D eigenvalue weighted by molar-refractivity contribution is -0.130. The number of hydrogen-bond donors (Lipinski definition) is 7. The van der Waals surface area contributed by atoms with Crippen LogP contribution in [0.2, 0.25) is 0 Å². The van der Waals surface area contributed by atoms with Gasteiger partial charge in [0.1, 0.15) is 23.9 Å². The number of aromatic hydroxyl groups is 1. The summed E-state index contributed by atoms with van der Waals surface area (Å²) in [5.41, 5.74) is 19.5. The lowest BCUT2D eigenvalue weighted by Crippen LogP contribution is -2.62. The molecule has 4 aliphatic heterocycles. The molecule has 17 heteroatoms. The third-order valence-corrected chi connectivity index (χ3v) is 12.7. The van der Waals surface area contributed by atoms with Crippen molar-refractivity contribution in [1.82, 2.24) is 40.8 Å². The van der Waals surface area contributed by atoms with E-state index in [1.165, 1.54) is 16.9 Å². The number of aliphatic hydroxyl groups is 1. The molecule has 8 rings (SSSR count). The van der Waals surface area contributed by atoms with Crippen molar-refractivity contribution in [1.29, 1.82) is 0 Å². The Morgan fingerprint density at radius 1 is 1.08 bits per heavy atom. The average molecular weight is 915 g/mol. The molecule has 2 aromatic heterocycles.